The van der Waals surface area contributed by atoms with Crippen LogP contribution in [0.15, 0.2) is 52.6 Å². The van der Waals surface area contributed by atoms with E-state index in [-0.39, 0.29) is 18.4 Å². The first kappa shape index (κ1) is 25.4. The maximum atomic E-state index is 12.0. The molecule has 2 amide bonds. The number of imidazole rings is 1. The quantitative estimate of drug-likeness (QED) is 0.367. The molecule has 3 rings (SSSR count). The van der Waals surface area contributed by atoms with E-state index >= 15 is 0 Å². The van der Waals surface area contributed by atoms with Crippen molar-refractivity contribution in [2.45, 2.75) is 42.8 Å². The van der Waals surface area contributed by atoms with Crippen LogP contribution in [0.3, 0.4) is 0 Å². The van der Waals surface area contributed by atoms with E-state index in [2.05, 4.69) is 10.3 Å². The smallest absolute Gasteiger partial charge is 0.414 e. The number of amides is 2. The van der Waals surface area contributed by atoms with Crippen molar-refractivity contribution in [2.75, 3.05) is 5.88 Å². The fourth-order valence-corrected chi connectivity index (χ4v) is 4.93. The van der Waals surface area contributed by atoms with E-state index in [1.54, 1.807) is 18.5 Å². The minimum absolute atomic E-state index is 0.0891. The van der Waals surface area contributed by atoms with Crippen LogP contribution in [0.4, 0.5) is 4.79 Å². The predicted molar refractivity (Wildman–Crippen MR) is 129 cm³/mol. The van der Waals surface area contributed by atoms with Gasteiger partial charge in [0.15, 0.2) is 6.61 Å². The van der Waals surface area contributed by atoms with Gasteiger partial charge in [-0.05, 0) is 41.8 Å². The third-order valence-corrected chi connectivity index (χ3v) is 6.18. The molecule has 2 heterocycles. The van der Waals surface area contributed by atoms with Crippen molar-refractivity contribution in [3.63, 3.8) is 0 Å². The third-order valence-electron chi connectivity index (χ3n) is 4.41. The first-order chi connectivity index (χ1) is 15.8. The van der Waals surface area contributed by atoms with Crippen molar-refractivity contribution in [3.05, 3.63) is 69.9 Å². The van der Waals surface area contributed by atoms with Gasteiger partial charge in [0.05, 0.1) is 12.2 Å². The summed E-state index contributed by atoms with van der Waals surface area (Å²) >= 11 is 19.3. The van der Waals surface area contributed by atoms with Crippen LogP contribution >= 0.6 is 46.6 Å². The van der Waals surface area contributed by atoms with Crippen molar-refractivity contribution in [2.24, 2.45) is 0 Å². The first-order valence-corrected chi connectivity index (χ1v) is 12.0. The number of nitrogens with zero attached hydrogens (tertiary/aromatic N) is 3. The van der Waals surface area contributed by atoms with E-state index in [9.17, 15) is 9.59 Å². The summed E-state index contributed by atoms with van der Waals surface area (Å²) in [5.74, 6) is -0.365. The maximum absolute atomic E-state index is 12.0. The van der Waals surface area contributed by atoms with E-state index < -0.39 is 12.0 Å². The zero-order chi connectivity index (χ0) is 24.0. The van der Waals surface area contributed by atoms with E-state index in [0.717, 1.165) is 21.2 Å². The molecule has 0 atom stereocenters. The molecule has 0 aliphatic carbocycles. The van der Waals surface area contributed by atoms with Gasteiger partial charge in [-0.1, -0.05) is 48.8 Å². The monoisotopic (exact) mass is 526 g/mol. The molecule has 0 radical (unpaired) electrons. The number of rotatable bonds is 8. The van der Waals surface area contributed by atoms with Crippen LogP contribution in [0.2, 0.25) is 10.0 Å². The van der Waals surface area contributed by atoms with Gasteiger partial charge in [-0.15, -0.1) is 11.6 Å². The number of hydrogen-bond acceptors (Lipinski definition) is 6. The molecule has 0 saturated heterocycles. The number of alkyl halides is 1. The average Bonchev–Trinajstić information content (AvgIpc) is 3.09. The fourth-order valence-electron chi connectivity index (χ4n) is 2.94. The average molecular weight is 528 g/mol. The largest absolute Gasteiger partial charge is 0.441 e. The first-order valence-electron chi connectivity index (χ1n) is 9.91. The topological polar surface area (TPSA) is 86.1 Å². The molecule has 0 saturated carbocycles. The molecule has 1 N–H and O–H groups in total. The number of hydrogen-bond donors (Lipinski definition) is 1. The van der Waals surface area contributed by atoms with Gasteiger partial charge >= 0.3 is 6.09 Å². The number of aromatic nitrogens is 3. The molecule has 1 aromatic carbocycles. The number of alkyl carbamates (subject to hydrolysis) is 1. The molecule has 3 aromatic rings. The summed E-state index contributed by atoms with van der Waals surface area (Å²) in [6, 6.07) is 9.12. The Bertz CT molecular complexity index is 1120. The summed E-state index contributed by atoms with van der Waals surface area (Å²) in [6.45, 7) is 4.40. The minimum Gasteiger partial charge on any atom is -0.441 e. The van der Waals surface area contributed by atoms with E-state index in [1.807, 2.05) is 42.7 Å². The van der Waals surface area contributed by atoms with Gasteiger partial charge in [0.1, 0.15) is 16.7 Å². The zero-order valence-electron chi connectivity index (χ0n) is 17.8. The number of nitrogens with one attached hydrogen (secondary N) is 1. The highest BCUT2D eigenvalue weighted by molar-refractivity contribution is 7.99. The molecule has 11 heteroatoms. The number of benzene rings is 1. The maximum Gasteiger partial charge on any atom is 0.414 e. The Balaban J connectivity index is 1.99. The van der Waals surface area contributed by atoms with E-state index in [4.69, 9.17) is 44.5 Å². The number of carbonyl (C=O) groups excluding carboxylic acids is 2. The molecule has 174 valence electrons. The van der Waals surface area contributed by atoms with Crippen LogP contribution in [0.5, 0.6) is 0 Å². The minimum atomic E-state index is -0.888. The van der Waals surface area contributed by atoms with Gasteiger partial charge in [-0.2, -0.15) is 0 Å². The summed E-state index contributed by atoms with van der Waals surface area (Å²) in [6.07, 6.45) is 2.53. The standard InChI is InChI=1S/C22H21Cl3N4O3S/c1-13(2)20-21(33-17-8-15(24)7-16(25)9-17)29(11-14-3-5-26-6-4-14)18(27-20)12-32-22(31)28-19(30)10-23/h3-9,13H,10-12H2,1-2H3,(H,28,30,31). The van der Waals surface area contributed by atoms with Gasteiger partial charge in [-0.25, -0.2) is 9.78 Å². The lowest BCUT2D eigenvalue weighted by molar-refractivity contribution is -0.118. The number of pyridine rings is 1. The number of ether oxygens (including phenoxy) is 1. The van der Waals surface area contributed by atoms with Gasteiger partial charge in [-0.3, -0.25) is 15.1 Å². The van der Waals surface area contributed by atoms with Crippen LogP contribution in [-0.4, -0.2) is 32.4 Å². The second-order valence-corrected chi connectivity index (χ2v) is 9.48. The van der Waals surface area contributed by atoms with Crippen LogP contribution < -0.4 is 5.32 Å². The molecule has 0 aliphatic heterocycles. The molecule has 2 aromatic heterocycles. The molecule has 7 nitrogen and oxygen atoms in total. The second-order valence-electron chi connectivity index (χ2n) is 7.28. The van der Waals surface area contributed by atoms with Gasteiger partial charge in [0.2, 0.25) is 5.91 Å². The zero-order valence-corrected chi connectivity index (χ0v) is 20.9. The molecule has 33 heavy (non-hydrogen) atoms. The summed E-state index contributed by atoms with van der Waals surface area (Å²) in [4.78, 5) is 33.0. The van der Waals surface area contributed by atoms with Crippen molar-refractivity contribution < 1.29 is 14.3 Å². The summed E-state index contributed by atoms with van der Waals surface area (Å²) in [5.41, 5.74) is 1.83. The van der Waals surface area contributed by atoms with Gasteiger partial charge in [0.25, 0.3) is 0 Å². The van der Waals surface area contributed by atoms with Crippen LogP contribution in [0.1, 0.15) is 36.8 Å². The van der Waals surface area contributed by atoms with Crippen molar-refractivity contribution in [1.82, 2.24) is 19.9 Å². The molecular formula is C22H21Cl3N4O3S. The predicted octanol–water partition coefficient (Wildman–Crippen LogP) is 5.90. The Hall–Kier alpha value is -2.26. The molecule has 0 fully saturated rings. The van der Waals surface area contributed by atoms with Gasteiger partial charge in [0, 0.05) is 27.3 Å². The second kappa shape index (κ2) is 11.7. The Morgan fingerprint density at radius 2 is 1.82 bits per heavy atom. The van der Waals surface area contributed by atoms with Crippen molar-refractivity contribution in [3.8, 4) is 0 Å². The Morgan fingerprint density at radius 1 is 1.15 bits per heavy atom. The summed E-state index contributed by atoms with van der Waals surface area (Å²) < 4.78 is 7.21. The third kappa shape index (κ3) is 7.11. The van der Waals surface area contributed by atoms with Crippen molar-refractivity contribution >= 4 is 58.6 Å². The Kier molecular flexibility index (Phi) is 9.02. The summed E-state index contributed by atoms with van der Waals surface area (Å²) in [5, 5.41) is 3.98. The number of halogens is 3. The van der Waals surface area contributed by atoms with Crippen LogP contribution in [-0.2, 0) is 22.7 Å². The Morgan fingerprint density at radius 3 is 2.42 bits per heavy atom. The van der Waals surface area contributed by atoms with Crippen LogP contribution in [0.25, 0.3) is 0 Å². The number of imide groups is 1. The van der Waals surface area contributed by atoms with Crippen LogP contribution in [0, 0.1) is 0 Å². The van der Waals surface area contributed by atoms with Gasteiger partial charge < -0.3 is 9.30 Å². The lowest BCUT2D eigenvalue weighted by Crippen LogP contribution is -2.32. The van der Waals surface area contributed by atoms with E-state index in [0.29, 0.717) is 22.4 Å². The SMILES string of the molecule is CC(C)c1nc(COC(=O)NC(=O)CCl)n(Cc2ccncc2)c1Sc1cc(Cl)cc(Cl)c1. The normalized spacial score (nSPS) is 11.0. The summed E-state index contributed by atoms with van der Waals surface area (Å²) in [7, 11) is 0. The lowest BCUT2D eigenvalue weighted by Gasteiger charge is -2.14. The highest BCUT2D eigenvalue weighted by Crippen LogP contribution is 2.37. The number of carbonyl (C=O) groups is 2. The molecule has 0 unspecified atom stereocenters. The molecule has 0 bridgehead atoms. The Labute approximate surface area is 210 Å². The fraction of sp³-hybridized carbons (Fsp3) is 0.273. The lowest BCUT2D eigenvalue weighted by atomic mass is 10.1. The highest BCUT2D eigenvalue weighted by Gasteiger charge is 2.22. The molecule has 0 spiro atoms. The molecular weight excluding hydrogens is 507 g/mol. The molecule has 0 aliphatic rings. The highest BCUT2D eigenvalue weighted by atomic mass is 35.5. The van der Waals surface area contributed by atoms with Crippen molar-refractivity contribution in [1.29, 1.82) is 0 Å². The van der Waals surface area contributed by atoms with E-state index in [1.165, 1.54) is 11.8 Å².